The van der Waals surface area contributed by atoms with Crippen LogP contribution in [0, 0.1) is 0 Å². The first kappa shape index (κ1) is 15.9. The fraction of sp³-hybridized carbons (Fsp3) is 0.538. The predicted molar refractivity (Wildman–Crippen MR) is 76.4 cm³/mol. The van der Waals surface area contributed by atoms with E-state index in [2.05, 4.69) is 20.6 Å². The van der Waals surface area contributed by atoms with Crippen LogP contribution >= 0.6 is 0 Å². The molecule has 0 atom stereocenters. The number of hydrogen-bond acceptors (Lipinski definition) is 5. The lowest BCUT2D eigenvalue weighted by Gasteiger charge is -2.12. The number of carbonyl (C=O) groups excluding carboxylic acids is 2. The van der Waals surface area contributed by atoms with E-state index in [1.54, 1.807) is 6.20 Å². The molecule has 7 heteroatoms. The summed E-state index contributed by atoms with van der Waals surface area (Å²) in [6.07, 6.45) is 1.71. The summed E-state index contributed by atoms with van der Waals surface area (Å²) >= 11 is 0. The van der Waals surface area contributed by atoms with Crippen molar-refractivity contribution in [2.45, 2.75) is 33.1 Å². The number of primary amides is 1. The minimum Gasteiger partial charge on any atom is -0.382 e. The molecule has 1 aromatic rings. The van der Waals surface area contributed by atoms with Crippen molar-refractivity contribution in [3.05, 3.63) is 17.7 Å². The van der Waals surface area contributed by atoms with Crippen molar-refractivity contribution in [1.82, 2.24) is 15.3 Å². The number of nitrogens with two attached hydrogens (primary N) is 1. The van der Waals surface area contributed by atoms with Gasteiger partial charge in [-0.1, -0.05) is 13.8 Å². The topological polar surface area (TPSA) is 110 Å². The molecule has 1 heterocycles. The van der Waals surface area contributed by atoms with Gasteiger partial charge in [-0.25, -0.2) is 9.97 Å². The molecule has 0 aliphatic heterocycles. The van der Waals surface area contributed by atoms with Gasteiger partial charge >= 0.3 is 0 Å². The number of aromatic nitrogens is 2. The van der Waals surface area contributed by atoms with Gasteiger partial charge in [-0.15, -0.1) is 0 Å². The van der Waals surface area contributed by atoms with E-state index >= 15 is 0 Å². The molecule has 0 aromatic carbocycles. The molecule has 0 aliphatic carbocycles. The van der Waals surface area contributed by atoms with E-state index in [9.17, 15) is 9.59 Å². The molecular formula is C13H21N5O2. The lowest BCUT2D eigenvalue weighted by Crippen LogP contribution is -2.29. The van der Waals surface area contributed by atoms with Crippen LogP contribution in [0.25, 0.3) is 0 Å². The average molecular weight is 279 g/mol. The Bertz CT molecular complexity index is 488. The molecule has 1 aromatic heterocycles. The number of amides is 2. The van der Waals surface area contributed by atoms with Crippen LogP contribution in [0.1, 0.15) is 49.4 Å². The van der Waals surface area contributed by atoms with Gasteiger partial charge in [0, 0.05) is 25.4 Å². The van der Waals surface area contributed by atoms with E-state index in [4.69, 9.17) is 5.73 Å². The number of nitrogens with one attached hydrogen (secondary N) is 2. The van der Waals surface area contributed by atoms with Crippen molar-refractivity contribution in [1.29, 1.82) is 0 Å². The monoisotopic (exact) mass is 279 g/mol. The summed E-state index contributed by atoms with van der Waals surface area (Å²) < 4.78 is 0. The second-order valence-electron chi connectivity index (χ2n) is 4.65. The molecule has 0 saturated carbocycles. The Kier molecular flexibility index (Phi) is 5.89. The Morgan fingerprint density at radius 3 is 2.65 bits per heavy atom. The molecule has 4 N–H and O–H groups in total. The lowest BCUT2D eigenvalue weighted by atomic mass is 10.2. The second kappa shape index (κ2) is 7.42. The van der Waals surface area contributed by atoms with Gasteiger partial charge in [0.2, 0.25) is 5.91 Å². The van der Waals surface area contributed by atoms with Gasteiger partial charge in [0.15, 0.2) is 5.69 Å². The van der Waals surface area contributed by atoms with Crippen molar-refractivity contribution in [2.24, 2.45) is 5.73 Å². The summed E-state index contributed by atoms with van der Waals surface area (Å²) in [6.45, 7) is 6.69. The molecule has 0 radical (unpaired) electrons. The van der Waals surface area contributed by atoms with Gasteiger partial charge in [0.05, 0.1) is 11.9 Å². The van der Waals surface area contributed by atoms with Crippen LogP contribution in [0.5, 0.6) is 0 Å². The van der Waals surface area contributed by atoms with Crippen LogP contribution in [0.15, 0.2) is 6.20 Å². The summed E-state index contributed by atoms with van der Waals surface area (Å²) in [5.74, 6) is -0.0659. The van der Waals surface area contributed by atoms with Crippen LogP contribution in [0.4, 0.5) is 5.69 Å². The zero-order valence-corrected chi connectivity index (χ0v) is 12.1. The van der Waals surface area contributed by atoms with E-state index in [-0.39, 0.29) is 30.5 Å². The number of anilines is 1. The quantitative estimate of drug-likeness (QED) is 0.678. The molecule has 110 valence electrons. The molecule has 0 aliphatic rings. The molecule has 7 nitrogen and oxygen atoms in total. The standard InChI is InChI=1S/C13H21N5O2/c1-4-15-9-7-17-12(8(2)3)18-11(9)13(20)16-6-5-10(14)19/h7-8,15H,4-6H2,1-3H3,(H2,14,19)(H,16,20). The first-order chi connectivity index (χ1) is 9.45. The molecule has 0 unspecified atom stereocenters. The highest BCUT2D eigenvalue weighted by atomic mass is 16.2. The van der Waals surface area contributed by atoms with Crippen LogP contribution in [0.3, 0.4) is 0 Å². The number of hydrogen-bond donors (Lipinski definition) is 3. The summed E-state index contributed by atoms with van der Waals surface area (Å²) in [5.41, 5.74) is 5.89. The van der Waals surface area contributed by atoms with Crippen molar-refractivity contribution >= 4 is 17.5 Å². The van der Waals surface area contributed by atoms with E-state index in [0.29, 0.717) is 18.1 Å². The number of rotatable bonds is 7. The van der Waals surface area contributed by atoms with E-state index in [1.807, 2.05) is 20.8 Å². The molecule has 0 spiro atoms. The average Bonchev–Trinajstić information content (AvgIpc) is 2.38. The van der Waals surface area contributed by atoms with Gasteiger partial charge in [-0.05, 0) is 6.92 Å². The highest BCUT2D eigenvalue weighted by molar-refractivity contribution is 5.97. The van der Waals surface area contributed by atoms with E-state index in [1.165, 1.54) is 0 Å². The van der Waals surface area contributed by atoms with Gasteiger partial charge in [0.25, 0.3) is 5.91 Å². The normalized spacial score (nSPS) is 10.4. The SMILES string of the molecule is CCNc1cnc(C(C)C)nc1C(=O)NCCC(N)=O. The molecular weight excluding hydrogens is 258 g/mol. The molecule has 0 bridgehead atoms. The molecule has 1 rings (SSSR count). The second-order valence-corrected chi connectivity index (χ2v) is 4.65. The molecule has 0 fully saturated rings. The summed E-state index contributed by atoms with van der Waals surface area (Å²) in [5, 5.41) is 5.67. The lowest BCUT2D eigenvalue weighted by molar-refractivity contribution is -0.117. The maximum Gasteiger partial charge on any atom is 0.272 e. The maximum atomic E-state index is 12.1. The van der Waals surface area contributed by atoms with Crippen LogP contribution in [0.2, 0.25) is 0 Å². The summed E-state index contributed by atoms with van der Waals surface area (Å²) in [4.78, 5) is 31.3. The minimum absolute atomic E-state index is 0.102. The Morgan fingerprint density at radius 2 is 2.10 bits per heavy atom. The predicted octanol–water partition coefficient (Wildman–Crippen LogP) is 0.637. The number of carbonyl (C=O) groups is 2. The Morgan fingerprint density at radius 1 is 1.40 bits per heavy atom. The van der Waals surface area contributed by atoms with Gasteiger partial charge in [0.1, 0.15) is 5.82 Å². The number of nitrogens with zero attached hydrogens (tertiary/aromatic N) is 2. The summed E-state index contributed by atoms with van der Waals surface area (Å²) in [6, 6.07) is 0. The van der Waals surface area contributed by atoms with Crippen molar-refractivity contribution < 1.29 is 9.59 Å². The third-order valence-electron chi connectivity index (χ3n) is 2.56. The van der Waals surface area contributed by atoms with Crippen LogP contribution < -0.4 is 16.4 Å². The Balaban J connectivity index is 2.90. The zero-order chi connectivity index (χ0) is 15.1. The highest BCUT2D eigenvalue weighted by Gasteiger charge is 2.16. The highest BCUT2D eigenvalue weighted by Crippen LogP contribution is 2.16. The van der Waals surface area contributed by atoms with Gasteiger partial charge < -0.3 is 16.4 Å². The third kappa shape index (κ3) is 4.49. The molecule has 2 amide bonds. The Hall–Kier alpha value is -2.18. The fourth-order valence-corrected chi connectivity index (χ4v) is 1.55. The maximum absolute atomic E-state index is 12.1. The van der Waals surface area contributed by atoms with Crippen LogP contribution in [-0.4, -0.2) is 34.9 Å². The summed E-state index contributed by atoms with van der Waals surface area (Å²) in [7, 11) is 0. The minimum atomic E-state index is -0.456. The van der Waals surface area contributed by atoms with Crippen molar-refractivity contribution in [2.75, 3.05) is 18.4 Å². The van der Waals surface area contributed by atoms with Gasteiger partial charge in [-0.2, -0.15) is 0 Å². The van der Waals surface area contributed by atoms with Crippen molar-refractivity contribution in [3.63, 3.8) is 0 Å². The Labute approximate surface area is 118 Å². The van der Waals surface area contributed by atoms with E-state index < -0.39 is 5.91 Å². The van der Waals surface area contributed by atoms with Crippen LogP contribution in [-0.2, 0) is 4.79 Å². The first-order valence-corrected chi connectivity index (χ1v) is 6.63. The first-order valence-electron chi connectivity index (χ1n) is 6.63. The largest absolute Gasteiger partial charge is 0.382 e. The third-order valence-corrected chi connectivity index (χ3v) is 2.56. The smallest absolute Gasteiger partial charge is 0.272 e. The van der Waals surface area contributed by atoms with E-state index in [0.717, 1.165) is 0 Å². The fourth-order valence-electron chi connectivity index (χ4n) is 1.55. The zero-order valence-electron chi connectivity index (χ0n) is 12.1. The van der Waals surface area contributed by atoms with Crippen molar-refractivity contribution in [3.8, 4) is 0 Å². The van der Waals surface area contributed by atoms with Gasteiger partial charge in [-0.3, -0.25) is 9.59 Å². The molecule has 0 saturated heterocycles. The molecule has 20 heavy (non-hydrogen) atoms.